The third-order valence-electron chi connectivity index (χ3n) is 6.27. The van der Waals surface area contributed by atoms with Crippen LogP contribution in [0.3, 0.4) is 0 Å². The molecule has 1 fully saturated rings. The van der Waals surface area contributed by atoms with Gasteiger partial charge in [-0.2, -0.15) is 0 Å². The minimum absolute atomic E-state index is 0.0209. The van der Waals surface area contributed by atoms with Gasteiger partial charge >= 0.3 is 11.9 Å². The third-order valence-corrected chi connectivity index (χ3v) is 6.27. The maximum Gasteiger partial charge on any atom is 0.318 e. The number of nitrogens with zero attached hydrogens (tertiary/aromatic N) is 3. The number of ketones is 1. The molecule has 0 aromatic heterocycles. The number of esters is 2. The first-order valence-electron chi connectivity index (χ1n) is 11.9. The van der Waals surface area contributed by atoms with Crippen molar-refractivity contribution in [2.75, 3.05) is 19.8 Å². The van der Waals surface area contributed by atoms with E-state index in [1.54, 1.807) is 18.7 Å². The van der Waals surface area contributed by atoms with Crippen LogP contribution in [0.25, 0.3) is 0 Å². The molecule has 2 unspecified atom stereocenters. The molecule has 0 N–H and O–H groups in total. The fourth-order valence-electron chi connectivity index (χ4n) is 4.75. The summed E-state index contributed by atoms with van der Waals surface area (Å²) >= 11 is 0. The fourth-order valence-corrected chi connectivity index (χ4v) is 4.75. The summed E-state index contributed by atoms with van der Waals surface area (Å²) in [6, 6.07) is 8.80. The summed E-state index contributed by atoms with van der Waals surface area (Å²) in [4.78, 5) is 63.3. The number of likely N-dealkylation sites (tertiary alicyclic amines) is 1. The monoisotopic (exact) mass is 525 g/mol. The van der Waals surface area contributed by atoms with Crippen LogP contribution >= 0.6 is 0 Å². The Labute approximate surface area is 218 Å². The number of hydrogen-bond acceptors (Lipinski definition) is 10. The fraction of sp³-hybridized carbons (Fsp3) is 0.346. The Morgan fingerprint density at radius 2 is 1.21 bits per heavy atom. The molecule has 0 spiro atoms. The topological polar surface area (TPSA) is 159 Å². The lowest BCUT2D eigenvalue weighted by Gasteiger charge is -2.47. The van der Waals surface area contributed by atoms with E-state index in [0.29, 0.717) is 11.1 Å². The molecule has 0 saturated carbocycles. The minimum atomic E-state index is -1.46. The average molecular weight is 526 g/mol. The van der Waals surface area contributed by atoms with Gasteiger partial charge in [-0.25, -0.2) is 0 Å². The Balaban J connectivity index is 2.27. The lowest BCUT2D eigenvalue weighted by Crippen LogP contribution is -2.56. The number of non-ortho nitro benzene ring substituents is 2. The highest BCUT2D eigenvalue weighted by Crippen LogP contribution is 2.47. The van der Waals surface area contributed by atoms with E-state index in [2.05, 4.69) is 6.58 Å². The molecule has 0 amide bonds. The Morgan fingerprint density at radius 1 is 0.842 bits per heavy atom. The quantitative estimate of drug-likeness (QED) is 0.147. The number of ether oxygens (including phenoxy) is 2. The van der Waals surface area contributed by atoms with E-state index in [1.807, 2.05) is 0 Å². The molecule has 0 aliphatic carbocycles. The Bertz CT molecular complexity index is 1140. The molecule has 12 heteroatoms. The number of benzene rings is 2. The van der Waals surface area contributed by atoms with Crippen molar-refractivity contribution >= 4 is 29.1 Å². The molecule has 200 valence electrons. The van der Waals surface area contributed by atoms with Gasteiger partial charge in [-0.15, -0.1) is 6.58 Å². The van der Waals surface area contributed by atoms with Crippen LogP contribution in [0.2, 0.25) is 0 Å². The van der Waals surface area contributed by atoms with E-state index in [9.17, 15) is 34.6 Å². The molecule has 12 nitrogen and oxygen atoms in total. The molecule has 2 aromatic carbocycles. The molecule has 1 heterocycles. The predicted octanol–water partition coefficient (Wildman–Crippen LogP) is 3.71. The molecule has 0 radical (unpaired) electrons. The van der Waals surface area contributed by atoms with Crippen LogP contribution < -0.4 is 0 Å². The summed E-state index contributed by atoms with van der Waals surface area (Å²) in [7, 11) is 0. The second-order valence-corrected chi connectivity index (χ2v) is 8.43. The van der Waals surface area contributed by atoms with Crippen molar-refractivity contribution in [1.29, 1.82) is 0 Å². The van der Waals surface area contributed by atoms with E-state index in [4.69, 9.17) is 9.47 Å². The number of Topliss-reactive ketones (excluding diaryl/α,β-unsaturated/α-hetero) is 1. The molecule has 4 atom stereocenters. The number of hydrogen-bond donors (Lipinski definition) is 0. The number of rotatable bonds is 10. The molecule has 1 aliphatic rings. The summed E-state index contributed by atoms with van der Waals surface area (Å²) in [6.07, 6.45) is 1.52. The summed E-state index contributed by atoms with van der Waals surface area (Å²) in [5.74, 6) is -5.37. The van der Waals surface area contributed by atoms with Crippen molar-refractivity contribution in [2.24, 2.45) is 11.8 Å². The van der Waals surface area contributed by atoms with Gasteiger partial charge in [-0.1, -0.05) is 30.3 Å². The highest BCUT2D eigenvalue weighted by molar-refractivity contribution is 6.10. The number of piperidine rings is 1. The van der Waals surface area contributed by atoms with Crippen LogP contribution in [0.1, 0.15) is 37.1 Å². The van der Waals surface area contributed by atoms with Gasteiger partial charge in [-0.3, -0.25) is 39.5 Å². The largest absolute Gasteiger partial charge is 0.465 e. The number of carbonyl (C=O) groups is 3. The van der Waals surface area contributed by atoms with Gasteiger partial charge in [0.15, 0.2) is 5.78 Å². The molecular formula is C26H27N3O9. The molecule has 2 aromatic rings. The van der Waals surface area contributed by atoms with Gasteiger partial charge < -0.3 is 9.47 Å². The zero-order chi connectivity index (χ0) is 28.0. The summed E-state index contributed by atoms with van der Waals surface area (Å²) in [6.45, 7) is 6.98. The van der Waals surface area contributed by atoms with Crippen molar-refractivity contribution in [1.82, 2.24) is 4.90 Å². The first-order chi connectivity index (χ1) is 18.2. The number of nitro groups is 2. The zero-order valence-electron chi connectivity index (χ0n) is 20.8. The molecular weight excluding hydrogens is 498 g/mol. The summed E-state index contributed by atoms with van der Waals surface area (Å²) in [5, 5.41) is 22.4. The average Bonchev–Trinajstić information content (AvgIpc) is 2.89. The van der Waals surface area contributed by atoms with E-state index in [0.717, 1.165) is 0 Å². The van der Waals surface area contributed by atoms with Gasteiger partial charge in [0.05, 0.1) is 35.1 Å². The summed E-state index contributed by atoms with van der Waals surface area (Å²) in [5.41, 5.74) is 0.432. The van der Waals surface area contributed by atoms with Crippen LogP contribution in [0, 0.1) is 32.1 Å². The molecule has 0 bridgehead atoms. The van der Waals surface area contributed by atoms with E-state index in [-0.39, 0.29) is 31.1 Å². The van der Waals surface area contributed by atoms with Crippen molar-refractivity contribution in [3.05, 3.63) is 92.5 Å². The van der Waals surface area contributed by atoms with Crippen molar-refractivity contribution in [3.8, 4) is 0 Å². The standard InChI is InChI=1S/C26H27N3O9/c1-4-15-27-22(16-7-11-18(12-8-16)28(33)34)20(25(31)37-5-2)24(30)21(26(32)38-6-3)23(27)17-9-13-19(14-10-17)29(35)36/h4,7-14,20-23H,1,5-6,15H2,2-3H3/t20?,21?,22-,23+. The molecule has 38 heavy (non-hydrogen) atoms. The van der Waals surface area contributed by atoms with E-state index >= 15 is 0 Å². The zero-order valence-corrected chi connectivity index (χ0v) is 20.8. The predicted molar refractivity (Wildman–Crippen MR) is 134 cm³/mol. The highest BCUT2D eigenvalue weighted by Gasteiger charge is 2.55. The van der Waals surface area contributed by atoms with Crippen molar-refractivity contribution in [2.45, 2.75) is 25.9 Å². The van der Waals surface area contributed by atoms with Crippen LogP contribution in [-0.2, 0) is 23.9 Å². The number of nitro benzene ring substituents is 2. The first-order valence-corrected chi connectivity index (χ1v) is 11.9. The second kappa shape index (κ2) is 12.2. The van der Waals surface area contributed by atoms with Crippen LogP contribution in [-0.4, -0.2) is 52.2 Å². The first kappa shape index (κ1) is 28.1. The van der Waals surface area contributed by atoms with Gasteiger partial charge in [0, 0.05) is 30.8 Å². The maximum atomic E-state index is 14.0. The molecule has 3 rings (SSSR count). The van der Waals surface area contributed by atoms with Gasteiger partial charge in [0.2, 0.25) is 0 Å². The molecule has 1 saturated heterocycles. The van der Waals surface area contributed by atoms with E-state index < -0.39 is 51.5 Å². The third kappa shape index (κ3) is 5.59. The Hall–Kier alpha value is -4.45. The van der Waals surface area contributed by atoms with Crippen molar-refractivity contribution < 1.29 is 33.7 Å². The van der Waals surface area contributed by atoms with Crippen LogP contribution in [0.15, 0.2) is 61.2 Å². The SMILES string of the molecule is C=CCN1[C@H](c2ccc([N+](=O)[O-])cc2)C(C(=O)OCC)C(=O)C(C(=O)OCC)[C@@H]1c1ccc([N+](=O)[O-])cc1. The van der Waals surface area contributed by atoms with Gasteiger partial charge in [0.25, 0.3) is 11.4 Å². The van der Waals surface area contributed by atoms with Gasteiger partial charge in [-0.05, 0) is 25.0 Å². The normalized spacial score (nSPS) is 21.4. The van der Waals surface area contributed by atoms with Gasteiger partial charge in [0.1, 0.15) is 11.8 Å². The lowest BCUT2D eigenvalue weighted by atomic mass is 9.72. The Morgan fingerprint density at radius 3 is 1.50 bits per heavy atom. The summed E-state index contributed by atoms with van der Waals surface area (Å²) < 4.78 is 10.4. The lowest BCUT2D eigenvalue weighted by molar-refractivity contribution is -0.385. The maximum absolute atomic E-state index is 14.0. The minimum Gasteiger partial charge on any atom is -0.465 e. The van der Waals surface area contributed by atoms with Crippen molar-refractivity contribution in [3.63, 3.8) is 0 Å². The highest BCUT2D eigenvalue weighted by atomic mass is 16.6. The van der Waals surface area contributed by atoms with Crippen LogP contribution in [0.4, 0.5) is 11.4 Å². The number of carbonyl (C=O) groups excluding carboxylic acids is 3. The second-order valence-electron chi connectivity index (χ2n) is 8.43. The molecule has 1 aliphatic heterocycles. The smallest absolute Gasteiger partial charge is 0.318 e. The Kier molecular flexibility index (Phi) is 9.02. The van der Waals surface area contributed by atoms with E-state index in [1.165, 1.54) is 54.6 Å². The van der Waals surface area contributed by atoms with Crippen LogP contribution in [0.5, 0.6) is 0 Å².